The van der Waals surface area contributed by atoms with Gasteiger partial charge in [0, 0.05) is 38.0 Å². The first-order chi connectivity index (χ1) is 24.8. The molecule has 52 heavy (non-hydrogen) atoms. The molecule has 0 aromatic heterocycles. The molecule has 3 saturated carbocycles. The highest BCUT2D eigenvalue weighted by atomic mass is 16.6. The lowest BCUT2D eigenvalue weighted by molar-refractivity contribution is -0.175. The summed E-state index contributed by atoms with van der Waals surface area (Å²) in [4.78, 5) is 34.0. The fourth-order valence-corrected chi connectivity index (χ4v) is 10.6. The number of rotatable bonds is 8. The molecule has 10 heteroatoms. The minimum absolute atomic E-state index is 0.0381. The van der Waals surface area contributed by atoms with Crippen molar-refractivity contribution in [1.29, 1.82) is 0 Å². The summed E-state index contributed by atoms with van der Waals surface area (Å²) in [5.74, 6) is -1.59. The smallest absolute Gasteiger partial charge is 0.310 e. The van der Waals surface area contributed by atoms with Gasteiger partial charge in [-0.15, -0.1) is 0 Å². The number of fused-ring (bicyclic) bond motifs is 2. The Morgan fingerprint density at radius 1 is 0.692 bits per heavy atom. The van der Waals surface area contributed by atoms with Crippen LogP contribution < -0.4 is 9.47 Å². The van der Waals surface area contributed by atoms with Gasteiger partial charge in [-0.3, -0.25) is 9.59 Å². The Balaban J connectivity index is 1.25. The highest BCUT2D eigenvalue weighted by Crippen LogP contribution is 2.60. The van der Waals surface area contributed by atoms with Crippen molar-refractivity contribution >= 4 is 11.9 Å². The van der Waals surface area contributed by atoms with E-state index >= 15 is 0 Å². The predicted molar refractivity (Wildman–Crippen MR) is 196 cm³/mol. The first kappa shape index (κ1) is 36.3. The molecule has 5 aliphatic rings. The molecule has 3 aliphatic carbocycles. The Bertz CT molecular complexity index is 1610. The molecule has 0 radical (unpaired) electrons. The molecule has 2 saturated heterocycles. The van der Waals surface area contributed by atoms with Gasteiger partial charge < -0.3 is 39.0 Å². The van der Waals surface area contributed by atoms with Crippen LogP contribution in [0.25, 0.3) is 0 Å². The lowest BCUT2D eigenvalue weighted by Crippen LogP contribution is -2.53. The summed E-state index contributed by atoms with van der Waals surface area (Å²) in [6, 6.07) is 9.97. The summed E-state index contributed by atoms with van der Waals surface area (Å²) < 4.78 is 24.0. The van der Waals surface area contributed by atoms with Crippen LogP contribution in [-0.2, 0) is 19.1 Å². The highest BCUT2D eigenvalue weighted by molar-refractivity contribution is 5.86. The molecule has 0 amide bonds. The topological polar surface area (TPSA) is 118 Å². The Hall–Kier alpha value is -4.02. The Morgan fingerprint density at radius 2 is 1.08 bits per heavy atom. The molecular weight excluding hydrogens is 660 g/mol. The number of likely N-dealkylation sites (N-methyl/N-ethyl adjacent to an activating group) is 2. The zero-order valence-corrected chi connectivity index (χ0v) is 31.3. The van der Waals surface area contributed by atoms with Crippen LogP contribution in [-0.4, -0.2) is 98.7 Å². The lowest BCUT2D eigenvalue weighted by Gasteiger charge is -2.50. The quantitative estimate of drug-likeness (QED) is 0.265. The number of methoxy groups -OCH3 is 2. The van der Waals surface area contributed by atoms with E-state index in [1.807, 2.05) is 0 Å². The highest BCUT2D eigenvalue weighted by Gasteiger charge is 2.61. The number of benzene rings is 2. The Labute approximate surface area is 307 Å². The molecule has 280 valence electrons. The average Bonchev–Trinajstić information content (AvgIpc) is 3.57. The molecule has 2 aromatic carbocycles. The van der Waals surface area contributed by atoms with Crippen LogP contribution >= 0.6 is 0 Å². The van der Waals surface area contributed by atoms with Gasteiger partial charge in [-0.25, -0.2) is 0 Å². The largest absolute Gasteiger partial charge is 0.504 e. The summed E-state index contributed by atoms with van der Waals surface area (Å²) in [6.07, 6.45) is 0.854. The van der Waals surface area contributed by atoms with Gasteiger partial charge >= 0.3 is 11.9 Å². The zero-order chi connectivity index (χ0) is 37.2. The van der Waals surface area contributed by atoms with Gasteiger partial charge in [-0.05, 0) is 97.8 Å². The number of ether oxygens (including phenoxy) is 4. The summed E-state index contributed by atoms with van der Waals surface area (Å²) in [6.45, 7) is 16.6. The molecule has 2 heterocycles. The Kier molecular flexibility index (Phi) is 9.84. The molecule has 2 aromatic rings. The maximum atomic E-state index is 14.7. The fourth-order valence-electron chi connectivity index (χ4n) is 10.6. The number of likely N-dealkylation sites (tertiary alicyclic amines) is 2. The number of nitrogens with zero attached hydrogens (tertiary/aromatic N) is 2. The van der Waals surface area contributed by atoms with Crippen molar-refractivity contribution in [3.05, 3.63) is 71.8 Å². The number of aromatic hydroxyl groups is 2. The first-order valence-corrected chi connectivity index (χ1v) is 18.7. The van der Waals surface area contributed by atoms with Crippen LogP contribution in [0.5, 0.6) is 23.0 Å². The van der Waals surface area contributed by atoms with Gasteiger partial charge in [-0.2, -0.15) is 0 Å². The number of carbonyl (C=O) groups is 2. The maximum Gasteiger partial charge on any atom is 0.310 e. The van der Waals surface area contributed by atoms with E-state index in [2.05, 4.69) is 50.9 Å². The minimum atomic E-state index is -0.765. The number of hydrogen-bond donors (Lipinski definition) is 2. The van der Waals surface area contributed by atoms with Crippen LogP contribution in [0.15, 0.2) is 60.7 Å². The molecule has 5 fully saturated rings. The number of phenols is 2. The van der Waals surface area contributed by atoms with E-state index in [4.69, 9.17) is 18.9 Å². The van der Waals surface area contributed by atoms with Crippen molar-refractivity contribution in [2.75, 3.05) is 54.5 Å². The second-order valence-electron chi connectivity index (χ2n) is 16.4. The number of phenolic OH excluding ortho intramolecular Hbond substituents is 2. The van der Waals surface area contributed by atoms with Crippen molar-refractivity contribution in [2.24, 2.45) is 47.3 Å². The molecule has 0 bridgehead atoms. The predicted octanol–water partition coefficient (Wildman–Crippen LogP) is 5.60. The van der Waals surface area contributed by atoms with Crippen LogP contribution in [0.1, 0.15) is 49.7 Å². The second kappa shape index (κ2) is 14.1. The van der Waals surface area contributed by atoms with Crippen LogP contribution in [0.2, 0.25) is 0 Å². The molecule has 0 spiro atoms. The molecule has 0 unspecified atom stereocenters. The summed E-state index contributed by atoms with van der Waals surface area (Å²) in [5, 5.41) is 21.1. The third-order valence-electron chi connectivity index (χ3n) is 13.4. The van der Waals surface area contributed by atoms with Gasteiger partial charge in [0.15, 0.2) is 23.0 Å². The summed E-state index contributed by atoms with van der Waals surface area (Å²) >= 11 is 0. The van der Waals surface area contributed by atoms with Crippen molar-refractivity contribution < 1.29 is 38.7 Å². The second-order valence-corrected chi connectivity index (χ2v) is 16.4. The monoisotopic (exact) mass is 714 g/mol. The minimum Gasteiger partial charge on any atom is -0.504 e. The molecule has 8 atom stereocenters. The van der Waals surface area contributed by atoms with E-state index in [1.54, 1.807) is 24.3 Å². The third-order valence-corrected chi connectivity index (χ3v) is 13.4. The third kappa shape index (κ3) is 6.25. The van der Waals surface area contributed by atoms with E-state index in [0.29, 0.717) is 23.0 Å². The zero-order valence-electron chi connectivity index (χ0n) is 31.3. The van der Waals surface area contributed by atoms with Crippen LogP contribution in [0.3, 0.4) is 0 Å². The fraction of sp³-hybridized carbons (Fsp3) is 0.571. The molecular formula is C42H54N2O8. The molecule has 2 N–H and O–H groups in total. The first-order valence-electron chi connectivity index (χ1n) is 18.7. The van der Waals surface area contributed by atoms with Gasteiger partial charge in [0.1, 0.15) is 12.2 Å². The molecule has 7 rings (SSSR count). The van der Waals surface area contributed by atoms with Crippen molar-refractivity contribution in [2.45, 2.75) is 50.7 Å². The van der Waals surface area contributed by atoms with Gasteiger partial charge in [-0.1, -0.05) is 50.3 Å². The number of carbonyl (C=O) groups excluding carboxylic acids is 2. The van der Waals surface area contributed by atoms with Gasteiger partial charge in [0.25, 0.3) is 0 Å². The van der Waals surface area contributed by atoms with E-state index in [9.17, 15) is 19.8 Å². The van der Waals surface area contributed by atoms with Crippen LogP contribution in [0.4, 0.5) is 0 Å². The summed E-state index contributed by atoms with van der Waals surface area (Å²) in [7, 11) is 7.15. The van der Waals surface area contributed by atoms with Crippen molar-refractivity contribution in [3.63, 3.8) is 0 Å². The van der Waals surface area contributed by atoms with Crippen molar-refractivity contribution in [3.8, 4) is 23.0 Å². The van der Waals surface area contributed by atoms with E-state index in [0.717, 1.165) is 39.0 Å². The maximum absolute atomic E-state index is 14.7. The summed E-state index contributed by atoms with van der Waals surface area (Å²) in [5.41, 5.74) is 3.70. The van der Waals surface area contributed by atoms with E-state index < -0.39 is 23.7 Å². The Morgan fingerprint density at radius 3 is 1.44 bits per heavy atom. The van der Waals surface area contributed by atoms with E-state index in [1.165, 1.54) is 37.5 Å². The lowest BCUT2D eigenvalue weighted by atomic mass is 9.52. The number of hydrogen-bond acceptors (Lipinski definition) is 10. The van der Waals surface area contributed by atoms with Crippen LogP contribution in [0, 0.1) is 47.3 Å². The standard InChI is InChI=1S/C42H54N2O8/c1-21-17-43(5)19-29-23(3)33(15-27(21)29)51-41(47)39-37(25-9-11-31(45)35(13-25)49-7)40(38(39)26-10-12-32(46)36(14-26)50-8)42(48)52-34-16-28-22(2)18-44(6)20-30(28)24(34)4/h9-14,23-24,27-30,33-34,37-40,45-46H,1-2,15-20H2,3-8H3/t23-,24-,27-,28-,29-,30-,33+,34+,37?,38?,39?,40?/m0/s1. The molecule has 2 aliphatic heterocycles. The van der Waals surface area contributed by atoms with Gasteiger partial charge in [0.2, 0.25) is 0 Å². The normalized spacial score (nSPS) is 36.0. The SMILES string of the molecule is C=C1CN(C)C[C@H]2[C@H](C)[C@H](OC(=O)C3C(c4ccc(O)c(OC)c4)C(C(=O)O[C@@H]4C[C@H]5C(=C)CN(C)C[C@H]5[C@@H]4C)C3c3ccc(O)c(OC)c3)C[C@@H]12. The van der Waals surface area contributed by atoms with Gasteiger partial charge in [0.05, 0.1) is 26.1 Å². The average molecular weight is 715 g/mol. The molecule has 10 nitrogen and oxygen atoms in total. The number of piperidine rings is 2. The number of esters is 2. The van der Waals surface area contributed by atoms with E-state index in [-0.39, 0.29) is 70.8 Å². The van der Waals surface area contributed by atoms with Crippen molar-refractivity contribution in [1.82, 2.24) is 9.80 Å².